The Labute approximate surface area is 96.5 Å². The second-order valence-electron chi connectivity index (χ2n) is 4.29. The maximum atomic E-state index is 12.0. The van der Waals surface area contributed by atoms with Crippen LogP contribution in [0.3, 0.4) is 0 Å². The molecule has 3 nitrogen and oxygen atoms in total. The van der Waals surface area contributed by atoms with Crippen LogP contribution in [0, 0.1) is 5.92 Å². The number of fused-ring (bicyclic) bond motifs is 1. The van der Waals surface area contributed by atoms with Gasteiger partial charge in [-0.2, -0.15) is 0 Å². The molecule has 0 aromatic heterocycles. The largest absolute Gasteiger partial charge is 0.384 e. The van der Waals surface area contributed by atoms with Crippen molar-refractivity contribution in [3.05, 3.63) is 29.8 Å². The van der Waals surface area contributed by atoms with Gasteiger partial charge in [-0.15, -0.1) is 0 Å². The number of nitrogens with zero attached hydrogens (tertiary/aromatic N) is 1. The van der Waals surface area contributed by atoms with E-state index in [4.69, 9.17) is 0 Å². The molecule has 1 atom stereocenters. The lowest BCUT2D eigenvalue weighted by molar-refractivity contribution is -0.133. The van der Waals surface area contributed by atoms with Crippen molar-refractivity contribution >= 4 is 11.6 Å². The number of anilines is 1. The Morgan fingerprint density at radius 1 is 1.50 bits per heavy atom. The van der Waals surface area contributed by atoms with Crippen LogP contribution in [0.5, 0.6) is 0 Å². The van der Waals surface area contributed by atoms with Gasteiger partial charge in [0.25, 0.3) is 0 Å². The van der Waals surface area contributed by atoms with Gasteiger partial charge in [0.05, 0.1) is 5.92 Å². The summed E-state index contributed by atoms with van der Waals surface area (Å²) in [5, 5.41) is 3.33. The van der Waals surface area contributed by atoms with E-state index in [1.54, 1.807) is 4.90 Å². The number of rotatable bonds is 2. The molecule has 3 heteroatoms. The van der Waals surface area contributed by atoms with Crippen LogP contribution in [0.25, 0.3) is 0 Å². The summed E-state index contributed by atoms with van der Waals surface area (Å²) in [5.41, 5.74) is 2.42. The molecule has 0 spiro atoms. The fourth-order valence-electron chi connectivity index (χ4n) is 2.08. The number of carbonyl (C=O) groups excluding carboxylic acids is 1. The first-order valence-corrected chi connectivity index (χ1v) is 5.79. The minimum atomic E-state index is 0.0832. The third-order valence-electron chi connectivity index (χ3n) is 3.22. The minimum Gasteiger partial charge on any atom is -0.384 e. The van der Waals surface area contributed by atoms with Crippen molar-refractivity contribution in [2.45, 2.75) is 13.3 Å². The summed E-state index contributed by atoms with van der Waals surface area (Å²) in [7, 11) is 1.86. The van der Waals surface area contributed by atoms with Crippen LogP contribution >= 0.6 is 0 Å². The zero-order valence-corrected chi connectivity index (χ0v) is 9.86. The molecule has 0 aliphatic carbocycles. The first-order valence-electron chi connectivity index (χ1n) is 5.79. The Kier molecular flexibility index (Phi) is 3.13. The van der Waals surface area contributed by atoms with Crippen LogP contribution in [-0.4, -0.2) is 30.9 Å². The first-order chi connectivity index (χ1) is 7.72. The molecule has 0 saturated heterocycles. The van der Waals surface area contributed by atoms with Gasteiger partial charge in [0.2, 0.25) is 5.91 Å². The Morgan fingerprint density at radius 3 is 3.00 bits per heavy atom. The fraction of sp³-hybridized carbons (Fsp3) is 0.462. The van der Waals surface area contributed by atoms with Crippen LogP contribution in [0.2, 0.25) is 0 Å². The van der Waals surface area contributed by atoms with Gasteiger partial charge in [0.15, 0.2) is 0 Å². The quantitative estimate of drug-likeness (QED) is 0.820. The van der Waals surface area contributed by atoms with Gasteiger partial charge >= 0.3 is 0 Å². The van der Waals surface area contributed by atoms with Crippen molar-refractivity contribution in [2.24, 2.45) is 5.92 Å². The summed E-state index contributed by atoms with van der Waals surface area (Å²) in [6.07, 6.45) is 0.854. The van der Waals surface area contributed by atoms with Crippen molar-refractivity contribution in [2.75, 3.05) is 25.5 Å². The maximum absolute atomic E-state index is 12.0. The molecule has 86 valence electrons. The molecule has 16 heavy (non-hydrogen) atoms. The Morgan fingerprint density at radius 2 is 2.25 bits per heavy atom. The highest BCUT2D eigenvalue weighted by Gasteiger charge is 2.25. The molecule has 2 rings (SSSR count). The number of nitrogens with one attached hydrogen (secondary N) is 1. The minimum absolute atomic E-state index is 0.0832. The monoisotopic (exact) mass is 218 g/mol. The lowest BCUT2D eigenvalue weighted by Crippen LogP contribution is -2.39. The standard InChI is InChI=1S/C13H18N2O/c1-3-15(2)13(16)11-8-10-6-4-5-7-12(10)14-9-11/h4-7,11,14H,3,8-9H2,1-2H3. The summed E-state index contributed by atoms with van der Waals surface area (Å²) in [5.74, 6) is 0.323. The molecule has 0 fully saturated rings. The zero-order valence-electron chi connectivity index (χ0n) is 9.86. The lowest BCUT2D eigenvalue weighted by Gasteiger charge is -2.28. The van der Waals surface area contributed by atoms with Gasteiger partial charge < -0.3 is 10.2 Å². The Balaban J connectivity index is 2.11. The van der Waals surface area contributed by atoms with E-state index in [1.807, 2.05) is 26.1 Å². The number of benzene rings is 1. The van der Waals surface area contributed by atoms with Crippen LogP contribution in [0.4, 0.5) is 5.69 Å². The molecular weight excluding hydrogens is 200 g/mol. The molecule has 0 saturated carbocycles. The third kappa shape index (κ3) is 2.03. The smallest absolute Gasteiger partial charge is 0.227 e. The second-order valence-corrected chi connectivity index (χ2v) is 4.29. The van der Waals surface area contributed by atoms with E-state index in [2.05, 4.69) is 17.4 Å². The predicted octanol–water partition coefficient (Wildman–Crippen LogP) is 1.75. The SMILES string of the molecule is CCN(C)C(=O)C1CNc2ccccc2C1. The van der Waals surface area contributed by atoms with E-state index in [-0.39, 0.29) is 11.8 Å². The normalized spacial score (nSPS) is 18.5. The molecule has 1 aromatic rings. The van der Waals surface area contributed by atoms with Crippen LogP contribution in [-0.2, 0) is 11.2 Å². The average molecular weight is 218 g/mol. The second kappa shape index (κ2) is 4.56. The number of carbonyl (C=O) groups is 1. The van der Waals surface area contributed by atoms with Crippen LogP contribution in [0.1, 0.15) is 12.5 Å². The molecule has 0 radical (unpaired) electrons. The number of amides is 1. The average Bonchev–Trinajstić information content (AvgIpc) is 2.36. The number of hydrogen-bond donors (Lipinski definition) is 1. The van der Waals surface area contributed by atoms with Crippen molar-refractivity contribution in [3.63, 3.8) is 0 Å². The lowest BCUT2D eigenvalue weighted by atomic mass is 9.93. The Hall–Kier alpha value is -1.51. The molecule has 1 aliphatic rings. The van der Waals surface area contributed by atoms with E-state index in [9.17, 15) is 4.79 Å². The van der Waals surface area contributed by atoms with Crippen molar-refractivity contribution in [1.29, 1.82) is 0 Å². The number of para-hydroxylation sites is 1. The van der Waals surface area contributed by atoms with Crippen molar-refractivity contribution in [3.8, 4) is 0 Å². The highest BCUT2D eigenvalue weighted by Crippen LogP contribution is 2.24. The summed E-state index contributed by atoms with van der Waals surface area (Å²) < 4.78 is 0. The first kappa shape index (κ1) is 11.0. The van der Waals surface area contributed by atoms with Crippen LogP contribution < -0.4 is 5.32 Å². The van der Waals surface area contributed by atoms with E-state index < -0.39 is 0 Å². The van der Waals surface area contributed by atoms with Crippen molar-refractivity contribution < 1.29 is 4.79 Å². The van der Waals surface area contributed by atoms with Gasteiger partial charge in [0.1, 0.15) is 0 Å². The zero-order chi connectivity index (χ0) is 11.5. The van der Waals surface area contributed by atoms with Gasteiger partial charge in [-0.25, -0.2) is 0 Å². The van der Waals surface area contributed by atoms with E-state index >= 15 is 0 Å². The van der Waals surface area contributed by atoms with Gasteiger partial charge in [-0.1, -0.05) is 18.2 Å². The van der Waals surface area contributed by atoms with Gasteiger partial charge in [0, 0.05) is 25.8 Å². The molecule has 1 aliphatic heterocycles. The topological polar surface area (TPSA) is 32.3 Å². The van der Waals surface area contributed by atoms with Gasteiger partial charge in [-0.05, 0) is 25.0 Å². The summed E-state index contributed by atoms with van der Waals surface area (Å²) in [4.78, 5) is 13.8. The van der Waals surface area contributed by atoms with E-state index in [1.165, 1.54) is 11.3 Å². The number of hydrogen-bond acceptors (Lipinski definition) is 2. The van der Waals surface area contributed by atoms with E-state index in [0.717, 1.165) is 19.5 Å². The predicted molar refractivity (Wildman–Crippen MR) is 65.4 cm³/mol. The summed E-state index contributed by atoms with van der Waals surface area (Å²) in [6, 6.07) is 8.20. The third-order valence-corrected chi connectivity index (χ3v) is 3.22. The maximum Gasteiger partial charge on any atom is 0.227 e. The molecule has 0 bridgehead atoms. The highest BCUT2D eigenvalue weighted by molar-refractivity contribution is 5.80. The molecule has 1 aromatic carbocycles. The molecule has 1 heterocycles. The molecule has 1 amide bonds. The molecular formula is C13H18N2O. The molecule has 1 unspecified atom stereocenters. The van der Waals surface area contributed by atoms with Crippen LogP contribution in [0.15, 0.2) is 24.3 Å². The summed E-state index contributed by atoms with van der Waals surface area (Å²) >= 11 is 0. The van der Waals surface area contributed by atoms with E-state index in [0.29, 0.717) is 0 Å². The Bertz CT molecular complexity index is 389. The highest BCUT2D eigenvalue weighted by atomic mass is 16.2. The van der Waals surface area contributed by atoms with Crippen molar-refractivity contribution in [1.82, 2.24) is 4.90 Å². The fourth-order valence-corrected chi connectivity index (χ4v) is 2.08. The summed E-state index contributed by atoms with van der Waals surface area (Å²) in [6.45, 7) is 3.53. The molecule has 1 N–H and O–H groups in total. The van der Waals surface area contributed by atoms with Gasteiger partial charge in [-0.3, -0.25) is 4.79 Å².